The second-order valence-corrected chi connectivity index (χ2v) is 10.9. The first-order chi connectivity index (χ1) is 18.8. The van der Waals surface area contributed by atoms with Gasteiger partial charge in [-0.1, -0.05) is 41.6 Å². The van der Waals surface area contributed by atoms with Gasteiger partial charge in [0.1, 0.15) is 11.8 Å². The Bertz CT molecular complexity index is 1560. The van der Waals surface area contributed by atoms with Crippen LogP contribution in [0.1, 0.15) is 37.0 Å². The van der Waals surface area contributed by atoms with Gasteiger partial charge in [0.2, 0.25) is 15.8 Å². The van der Waals surface area contributed by atoms with Crippen molar-refractivity contribution in [3.05, 3.63) is 83.4 Å². The van der Waals surface area contributed by atoms with E-state index in [0.717, 1.165) is 18.4 Å². The fourth-order valence-electron chi connectivity index (χ4n) is 4.25. The molecule has 1 aromatic heterocycles. The van der Waals surface area contributed by atoms with Gasteiger partial charge >= 0.3 is 0 Å². The molecule has 1 aliphatic rings. The van der Waals surface area contributed by atoms with E-state index in [4.69, 9.17) is 14.4 Å². The van der Waals surface area contributed by atoms with E-state index in [1.807, 2.05) is 32.0 Å². The van der Waals surface area contributed by atoms with Crippen LogP contribution in [0.25, 0.3) is 22.8 Å². The van der Waals surface area contributed by atoms with Crippen LogP contribution in [0, 0.1) is 11.3 Å². The van der Waals surface area contributed by atoms with Crippen molar-refractivity contribution in [2.75, 3.05) is 13.2 Å². The molecule has 202 valence electrons. The molecule has 0 aliphatic heterocycles. The molecule has 0 spiro atoms. The van der Waals surface area contributed by atoms with Crippen molar-refractivity contribution >= 4 is 10.0 Å². The molecule has 10 heteroatoms. The molecular weight excluding hydrogens is 516 g/mol. The first kappa shape index (κ1) is 28.0. The number of aliphatic hydroxyl groups is 1. The number of hydrogen-bond acceptors (Lipinski definition) is 8. The van der Waals surface area contributed by atoms with Crippen molar-refractivity contribution in [1.82, 2.24) is 14.9 Å². The molecule has 0 atom stereocenters. The van der Waals surface area contributed by atoms with Crippen LogP contribution in [0.4, 0.5) is 0 Å². The number of rotatable bonds is 8. The monoisotopic (exact) mass is 546 g/mol. The summed E-state index contributed by atoms with van der Waals surface area (Å²) in [7, 11) is -3.43. The van der Waals surface area contributed by atoms with Crippen molar-refractivity contribution in [1.29, 1.82) is 5.26 Å². The van der Waals surface area contributed by atoms with Gasteiger partial charge in [-0.3, -0.25) is 0 Å². The summed E-state index contributed by atoms with van der Waals surface area (Å²) in [5.74, 6) is 1.56. The molecule has 0 fully saturated rings. The highest BCUT2D eigenvalue weighted by Gasteiger charge is 2.20. The largest absolute Gasteiger partial charge is 0.490 e. The molecule has 2 N–H and O–H groups in total. The van der Waals surface area contributed by atoms with Crippen LogP contribution in [0.3, 0.4) is 0 Å². The van der Waals surface area contributed by atoms with Crippen molar-refractivity contribution < 1.29 is 22.8 Å². The number of hydrogen-bond donors (Lipinski definition) is 2. The Kier molecular flexibility index (Phi) is 9.09. The molecule has 1 aliphatic carbocycles. The minimum atomic E-state index is -3.43. The van der Waals surface area contributed by atoms with E-state index in [0.29, 0.717) is 28.6 Å². The number of fused-ring (bicyclic) bond motifs is 1. The van der Waals surface area contributed by atoms with Crippen LogP contribution in [-0.4, -0.2) is 42.9 Å². The number of ether oxygens (including phenoxy) is 1. The van der Waals surface area contributed by atoms with E-state index in [-0.39, 0.29) is 24.2 Å². The fraction of sp³-hybridized carbons (Fsp3) is 0.276. The summed E-state index contributed by atoms with van der Waals surface area (Å²) in [5, 5.41) is 22.0. The summed E-state index contributed by atoms with van der Waals surface area (Å²) in [6, 6.07) is 21.8. The van der Waals surface area contributed by atoms with Crippen LogP contribution < -0.4 is 9.46 Å². The summed E-state index contributed by atoms with van der Waals surface area (Å²) in [4.78, 5) is 4.78. The average molecular weight is 547 g/mol. The van der Waals surface area contributed by atoms with Crippen molar-refractivity contribution in [3.8, 4) is 34.7 Å². The summed E-state index contributed by atoms with van der Waals surface area (Å²) in [6.07, 6.45) is 3.33. The maximum Gasteiger partial charge on any atom is 0.258 e. The van der Waals surface area contributed by atoms with E-state index in [1.165, 1.54) is 29.7 Å². The van der Waals surface area contributed by atoms with E-state index < -0.39 is 10.0 Å². The van der Waals surface area contributed by atoms with Gasteiger partial charge in [0.15, 0.2) is 0 Å². The molecule has 0 amide bonds. The highest BCUT2D eigenvalue weighted by molar-refractivity contribution is 7.89. The second-order valence-electron chi connectivity index (χ2n) is 9.14. The molecule has 3 aromatic carbocycles. The van der Waals surface area contributed by atoms with Gasteiger partial charge in [-0.05, 0) is 74.6 Å². The zero-order chi connectivity index (χ0) is 27.8. The van der Waals surface area contributed by atoms with Crippen LogP contribution in [-0.2, 0) is 22.9 Å². The number of sulfonamides is 1. The SMILES string of the molecule is CC(C)Oc1ccc(-c2nc(-c3cccc4c3CCC4)no2)cc1C#N.O=S(=O)(NCCO)c1ccccc1. The summed E-state index contributed by atoms with van der Waals surface area (Å²) in [6.45, 7) is 3.69. The Morgan fingerprint density at radius 3 is 2.62 bits per heavy atom. The maximum absolute atomic E-state index is 11.4. The molecule has 9 nitrogen and oxygen atoms in total. The number of benzene rings is 3. The molecule has 5 rings (SSSR count). The van der Waals surface area contributed by atoms with E-state index in [1.54, 1.807) is 30.3 Å². The smallest absolute Gasteiger partial charge is 0.258 e. The van der Waals surface area contributed by atoms with E-state index in [2.05, 4.69) is 27.0 Å². The van der Waals surface area contributed by atoms with Crippen molar-refractivity contribution in [3.63, 3.8) is 0 Å². The van der Waals surface area contributed by atoms with Gasteiger partial charge in [-0.15, -0.1) is 0 Å². The van der Waals surface area contributed by atoms with Gasteiger partial charge < -0.3 is 14.4 Å². The lowest BCUT2D eigenvalue weighted by Gasteiger charge is -2.11. The number of aliphatic hydroxyl groups excluding tert-OH is 1. The molecule has 0 unspecified atom stereocenters. The molecule has 39 heavy (non-hydrogen) atoms. The zero-order valence-electron chi connectivity index (χ0n) is 21.8. The molecule has 1 heterocycles. The molecule has 0 bridgehead atoms. The van der Waals surface area contributed by atoms with E-state index >= 15 is 0 Å². The lowest BCUT2D eigenvalue weighted by Crippen LogP contribution is -2.26. The van der Waals surface area contributed by atoms with Gasteiger partial charge in [0.25, 0.3) is 5.89 Å². The molecule has 0 saturated carbocycles. The number of aromatic nitrogens is 2. The standard InChI is InChI=1S/C21H19N3O2.C8H11NO3S/c1-13(2)25-19-10-9-15(11-16(19)12-22)21-23-20(24-26-21)18-8-4-6-14-5-3-7-17(14)18;10-7-6-9-13(11,12)8-4-2-1-3-5-8/h4,6,8-11,13H,3,5,7H2,1-2H3;1-5,9-10H,6-7H2. The van der Waals surface area contributed by atoms with Crippen LogP contribution in [0.5, 0.6) is 5.75 Å². The molecule has 0 saturated heterocycles. The zero-order valence-corrected chi connectivity index (χ0v) is 22.6. The Morgan fingerprint density at radius 2 is 1.90 bits per heavy atom. The minimum Gasteiger partial charge on any atom is -0.490 e. The van der Waals surface area contributed by atoms with Gasteiger partial charge in [-0.2, -0.15) is 10.2 Å². The van der Waals surface area contributed by atoms with Gasteiger partial charge in [-0.25, -0.2) is 13.1 Å². The van der Waals surface area contributed by atoms with Gasteiger partial charge in [0, 0.05) is 17.7 Å². The van der Waals surface area contributed by atoms with Gasteiger partial charge in [0.05, 0.1) is 23.2 Å². The molecule has 0 radical (unpaired) electrons. The normalized spacial score (nSPS) is 12.4. The predicted octanol–water partition coefficient (Wildman–Crippen LogP) is 4.51. The third kappa shape index (κ3) is 6.89. The maximum atomic E-state index is 11.4. The lowest BCUT2D eigenvalue weighted by atomic mass is 10.0. The number of nitriles is 1. The number of aryl methyl sites for hydroxylation is 1. The summed E-state index contributed by atoms with van der Waals surface area (Å²) >= 11 is 0. The Labute approximate surface area is 228 Å². The first-order valence-electron chi connectivity index (χ1n) is 12.6. The van der Waals surface area contributed by atoms with Crippen LogP contribution >= 0.6 is 0 Å². The Hall–Kier alpha value is -4.04. The topological polar surface area (TPSA) is 138 Å². The third-order valence-electron chi connectivity index (χ3n) is 5.98. The number of nitrogens with zero attached hydrogens (tertiary/aromatic N) is 3. The lowest BCUT2D eigenvalue weighted by molar-refractivity contribution is 0.241. The highest BCUT2D eigenvalue weighted by Crippen LogP contribution is 2.33. The van der Waals surface area contributed by atoms with Crippen LogP contribution in [0.15, 0.2) is 76.1 Å². The first-order valence-corrected chi connectivity index (χ1v) is 14.1. The Balaban J connectivity index is 0.000000229. The Morgan fingerprint density at radius 1 is 1.10 bits per heavy atom. The third-order valence-corrected chi connectivity index (χ3v) is 7.46. The molecular formula is C29H30N4O5S. The number of nitrogens with one attached hydrogen (secondary N) is 1. The van der Waals surface area contributed by atoms with Crippen molar-refractivity contribution in [2.45, 2.75) is 44.1 Å². The minimum absolute atomic E-state index is 0.00290. The second kappa shape index (κ2) is 12.7. The quantitative estimate of drug-likeness (QED) is 0.329. The molecule has 4 aromatic rings. The van der Waals surface area contributed by atoms with Crippen molar-refractivity contribution in [2.24, 2.45) is 0 Å². The summed E-state index contributed by atoms with van der Waals surface area (Å²) in [5.41, 5.74) is 4.89. The van der Waals surface area contributed by atoms with E-state index in [9.17, 15) is 13.7 Å². The average Bonchev–Trinajstić information content (AvgIpc) is 3.63. The van der Waals surface area contributed by atoms with Crippen LogP contribution in [0.2, 0.25) is 0 Å². The predicted molar refractivity (Wildman–Crippen MR) is 146 cm³/mol. The fourth-order valence-corrected chi connectivity index (χ4v) is 5.29. The summed E-state index contributed by atoms with van der Waals surface area (Å²) < 4.78 is 36.1. The highest BCUT2D eigenvalue weighted by atomic mass is 32.2.